The summed E-state index contributed by atoms with van der Waals surface area (Å²) in [6.07, 6.45) is 0. The molecule has 0 atom stereocenters. The number of methoxy groups -OCH3 is 1. The number of rotatable bonds is 4. The summed E-state index contributed by atoms with van der Waals surface area (Å²) in [5.74, 6) is 0.871. The highest BCUT2D eigenvalue weighted by Crippen LogP contribution is 2.27. The van der Waals surface area contributed by atoms with Gasteiger partial charge in [0, 0.05) is 5.69 Å². The maximum atomic E-state index is 12.7. The number of carbonyl (C=O) groups is 1. The average molecular weight is 319 g/mol. The molecular weight excluding hydrogens is 298 g/mol. The van der Waals surface area contributed by atoms with Crippen LogP contribution in [0.5, 0.6) is 5.75 Å². The SMILES string of the molecule is COc1cc2ccccc2cc1C(=O)Nc1ccc(C(C)C)cc1. The van der Waals surface area contributed by atoms with Gasteiger partial charge >= 0.3 is 0 Å². The van der Waals surface area contributed by atoms with Crippen LogP contribution in [-0.4, -0.2) is 13.0 Å². The summed E-state index contributed by atoms with van der Waals surface area (Å²) in [7, 11) is 1.58. The molecule has 0 heterocycles. The van der Waals surface area contributed by atoms with Crippen molar-refractivity contribution in [1.82, 2.24) is 0 Å². The van der Waals surface area contributed by atoms with Crippen LogP contribution in [-0.2, 0) is 0 Å². The first kappa shape index (κ1) is 16.1. The number of anilines is 1. The van der Waals surface area contributed by atoms with Crippen LogP contribution in [0.25, 0.3) is 10.8 Å². The van der Waals surface area contributed by atoms with E-state index in [1.54, 1.807) is 7.11 Å². The third-order valence-electron chi connectivity index (χ3n) is 4.15. The van der Waals surface area contributed by atoms with E-state index in [0.717, 1.165) is 16.5 Å². The molecule has 0 aromatic heterocycles. The lowest BCUT2D eigenvalue weighted by molar-refractivity contribution is 0.102. The van der Waals surface area contributed by atoms with Gasteiger partial charge in [0.05, 0.1) is 12.7 Å². The van der Waals surface area contributed by atoms with Crippen LogP contribution in [0.2, 0.25) is 0 Å². The van der Waals surface area contributed by atoms with Crippen molar-refractivity contribution in [2.45, 2.75) is 19.8 Å². The Labute approximate surface area is 142 Å². The van der Waals surface area contributed by atoms with Gasteiger partial charge in [-0.3, -0.25) is 4.79 Å². The number of nitrogens with one attached hydrogen (secondary N) is 1. The first-order valence-corrected chi connectivity index (χ1v) is 8.06. The van der Waals surface area contributed by atoms with Gasteiger partial charge in [0.1, 0.15) is 5.75 Å². The van der Waals surface area contributed by atoms with Crippen LogP contribution < -0.4 is 10.1 Å². The Balaban J connectivity index is 1.90. The summed E-state index contributed by atoms with van der Waals surface area (Å²) in [6.45, 7) is 4.29. The summed E-state index contributed by atoms with van der Waals surface area (Å²) >= 11 is 0. The van der Waals surface area contributed by atoms with E-state index in [-0.39, 0.29) is 5.91 Å². The predicted octanol–water partition coefficient (Wildman–Crippen LogP) is 5.22. The monoisotopic (exact) mass is 319 g/mol. The van der Waals surface area contributed by atoms with E-state index in [9.17, 15) is 4.79 Å². The van der Waals surface area contributed by atoms with E-state index in [4.69, 9.17) is 4.74 Å². The fraction of sp³-hybridized carbons (Fsp3) is 0.190. The Hall–Kier alpha value is -2.81. The lowest BCUT2D eigenvalue weighted by atomic mass is 10.0. The van der Waals surface area contributed by atoms with E-state index >= 15 is 0 Å². The zero-order valence-corrected chi connectivity index (χ0v) is 14.2. The molecule has 0 aliphatic carbocycles. The first-order valence-electron chi connectivity index (χ1n) is 8.06. The summed E-state index contributed by atoms with van der Waals surface area (Å²) in [5.41, 5.74) is 2.56. The largest absolute Gasteiger partial charge is 0.496 e. The molecule has 0 aliphatic rings. The van der Waals surface area contributed by atoms with Crippen LogP contribution >= 0.6 is 0 Å². The van der Waals surface area contributed by atoms with E-state index in [2.05, 4.69) is 19.2 Å². The van der Waals surface area contributed by atoms with Crippen molar-refractivity contribution >= 4 is 22.4 Å². The van der Waals surface area contributed by atoms with Gasteiger partial charge < -0.3 is 10.1 Å². The molecule has 1 amide bonds. The van der Waals surface area contributed by atoms with Gasteiger partial charge in [-0.1, -0.05) is 50.2 Å². The average Bonchev–Trinajstić information content (AvgIpc) is 2.61. The molecule has 3 aromatic carbocycles. The fourth-order valence-electron chi connectivity index (χ4n) is 2.72. The molecule has 0 radical (unpaired) electrons. The van der Waals surface area contributed by atoms with E-state index < -0.39 is 0 Å². The molecule has 3 heteroatoms. The fourth-order valence-corrected chi connectivity index (χ4v) is 2.72. The second kappa shape index (κ2) is 6.75. The molecule has 3 aromatic rings. The number of carbonyl (C=O) groups excluding carboxylic acids is 1. The Morgan fingerprint density at radius 1 is 0.958 bits per heavy atom. The zero-order chi connectivity index (χ0) is 17.1. The van der Waals surface area contributed by atoms with Gasteiger partial charge in [0.2, 0.25) is 0 Å². The van der Waals surface area contributed by atoms with Crippen LogP contribution in [0, 0.1) is 0 Å². The minimum absolute atomic E-state index is 0.171. The minimum Gasteiger partial charge on any atom is -0.496 e. The second-order valence-corrected chi connectivity index (χ2v) is 6.13. The molecule has 3 rings (SSSR count). The van der Waals surface area contributed by atoms with Crippen LogP contribution in [0.15, 0.2) is 60.7 Å². The molecule has 1 N–H and O–H groups in total. The van der Waals surface area contributed by atoms with Crippen molar-refractivity contribution in [2.75, 3.05) is 12.4 Å². The van der Waals surface area contributed by atoms with Crippen molar-refractivity contribution < 1.29 is 9.53 Å². The Kier molecular flexibility index (Phi) is 4.52. The molecule has 0 unspecified atom stereocenters. The third kappa shape index (κ3) is 3.25. The molecular formula is C21H21NO2. The maximum Gasteiger partial charge on any atom is 0.259 e. The van der Waals surface area contributed by atoms with Gasteiger partial charge in [-0.2, -0.15) is 0 Å². The Bertz CT molecular complexity index is 867. The zero-order valence-electron chi connectivity index (χ0n) is 14.2. The van der Waals surface area contributed by atoms with Crippen LogP contribution in [0.4, 0.5) is 5.69 Å². The Morgan fingerprint density at radius 3 is 2.17 bits per heavy atom. The maximum absolute atomic E-state index is 12.7. The lowest BCUT2D eigenvalue weighted by Gasteiger charge is -2.12. The van der Waals surface area contributed by atoms with E-state index in [1.807, 2.05) is 60.7 Å². The topological polar surface area (TPSA) is 38.3 Å². The Morgan fingerprint density at radius 2 is 1.58 bits per heavy atom. The van der Waals surface area contributed by atoms with Crippen LogP contribution in [0.1, 0.15) is 35.7 Å². The van der Waals surface area contributed by atoms with E-state index in [0.29, 0.717) is 17.2 Å². The van der Waals surface area contributed by atoms with Gasteiger partial charge in [-0.25, -0.2) is 0 Å². The van der Waals surface area contributed by atoms with Crippen molar-refractivity contribution in [1.29, 1.82) is 0 Å². The predicted molar refractivity (Wildman–Crippen MR) is 99.0 cm³/mol. The number of fused-ring (bicyclic) bond motifs is 1. The van der Waals surface area contributed by atoms with Crippen molar-refractivity contribution in [3.05, 3.63) is 71.8 Å². The summed E-state index contributed by atoms with van der Waals surface area (Å²) in [4.78, 5) is 12.7. The second-order valence-electron chi connectivity index (χ2n) is 6.13. The number of benzene rings is 3. The molecule has 0 saturated carbocycles. The quantitative estimate of drug-likeness (QED) is 0.715. The number of ether oxygens (including phenoxy) is 1. The highest BCUT2D eigenvalue weighted by atomic mass is 16.5. The number of amides is 1. The van der Waals surface area contributed by atoms with E-state index in [1.165, 1.54) is 5.56 Å². The third-order valence-corrected chi connectivity index (χ3v) is 4.15. The van der Waals surface area contributed by atoms with Gasteiger partial charge in [0.25, 0.3) is 5.91 Å². The number of hydrogen-bond acceptors (Lipinski definition) is 2. The lowest BCUT2D eigenvalue weighted by Crippen LogP contribution is -2.13. The summed E-state index contributed by atoms with van der Waals surface area (Å²) in [6, 6.07) is 19.6. The normalized spacial score (nSPS) is 10.8. The molecule has 24 heavy (non-hydrogen) atoms. The molecule has 0 bridgehead atoms. The highest BCUT2D eigenvalue weighted by Gasteiger charge is 2.14. The van der Waals surface area contributed by atoms with Gasteiger partial charge in [-0.15, -0.1) is 0 Å². The molecule has 0 saturated heterocycles. The summed E-state index contributed by atoms with van der Waals surface area (Å²) < 4.78 is 5.40. The van der Waals surface area contributed by atoms with Crippen molar-refractivity contribution in [3.8, 4) is 5.75 Å². The van der Waals surface area contributed by atoms with Crippen molar-refractivity contribution in [3.63, 3.8) is 0 Å². The smallest absolute Gasteiger partial charge is 0.259 e. The number of hydrogen-bond donors (Lipinski definition) is 1. The van der Waals surface area contributed by atoms with Gasteiger partial charge in [-0.05, 0) is 46.5 Å². The standard InChI is InChI=1S/C21H21NO2/c1-14(2)15-8-10-18(11-9-15)22-21(23)19-12-16-6-4-5-7-17(16)13-20(19)24-3/h4-14H,1-3H3,(H,22,23). The van der Waals surface area contributed by atoms with Crippen molar-refractivity contribution in [2.24, 2.45) is 0 Å². The molecule has 122 valence electrons. The molecule has 3 nitrogen and oxygen atoms in total. The van der Waals surface area contributed by atoms with Crippen LogP contribution in [0.3, 0.4) is 0 Å². The first-order chi connectivity index (χ1) is 11.6. The minimum atomic E-state index is -0.171. The molecule has 0 spiro atoms. The van der Waals surface area contributed by atoms with Gasteiger partial charge in [0.15, 0.2) is 0 Å². The molecule has 0 aliphatic heterocycles. The summed E-state index contributed by atoms with van der Waals surface area (Å²) in [5, 5.41) is 5.01. The molecule has 0 fully saturated rings. The highest BCUT2D eigenvalue weighted by molar-refractivity contribution is 6.08.